The molecule has 2 aliphatic heterocycles. The number of hydrogen-bond acceptors (Lipinski definition) is 4. The van der Waals surface area contributed by atoms with Gasteiger partial charge in [0.15, 0.2) is 11.6 Å². The number of anilines is 1. The lowest BCUT2D eigenvalue weighted by molar-refractivity contribution is -0.155. The average Bonchev–Trinajstić information content (AvgIpc) is 2.62. The molecule has 2 aromatic rings. The number of hydrogen-bond donors (Lipinski definition) is 0. The Morgan fingerprint density at radius 1 is 1.14 bits per heavy atom. The van der Waals surface area contributed by atoms with Crippen LogP contribution in [0.15, 0.2) is 30.5 Å². The Labute approximate surface area is 175 Å². The lowest BCUT2D eigenvalue weighted by Gasteiger charge is -2.45. The predicted octanol–water partition coefficient (Wildman–Crippen LogP) is 3.06. The smallest absolute Gasteiger partial charge is 0.251 e. The van der Waals surface area contributed by atoms with E-state index in [2.05, 4.69) is 4.98 Å². The molecule has 2 aliphatic rings. The number of carbonyl (C=O) groups is 2. The van der Waals surface area contributed by atoms with E-state index in [0.29, 0.717) is 18.8 Å². The van der Waals surface area contributed by atoms with Crippen molar-refractivity contribution in [1.29, 1.82) is 0 Å². The molecule has 4 rings (SSSR count). The molecule has 1 aromatic carbocycles. The summed E-state index contributed by atoms with van der Waals surface area (Å²) in [6, 6.07) is 4.36. The van der Waals surface area contributed by atoms with E-state index in [9.17, 15) is 18.4 Å². The van der Waals surface area contributed by atoms with Crippen LogP contribution in [0.2, 0.25) is 10.0 Å². The van der Waals surface area contributed by atoms with Gasteiger partial charge in [-0.25, -0.2) is 13.8 Å². The maximum atomic E-state index is 14.3. The number of benzene rings is 1. The van der Waals surface area contributed by atoms with E-state index in [0.717, 1.165) is 11.0 Å². The maximum Gasteiger partial charge on any atom is 0.251 e. The van der Waals surface area contributed by atoms with Crippen LogP contribution >= 0.6 is 23.2 Å². The Morgan fingerprint density at radius 3 is 2.52 bits per heavy atom. The van der Waals surface area contributed by atoms with Crippen LogP contribution in [0, 0.1) is 17.6 Å². The summed E-state index contributed by atoms with van der Waals surface area (Å²) in [5, 5.41) is 0.0478. The van der Waals surface area contributed by atoms with Crippen molar-refractivity contribution in [2.24, 2.45) is 5.92 Å². The molecule has 0 bridgehead atoms. The lowest BCUT2D eigenvalue weighted by Crippen LogP contribution is -2.65. The summed E-state index contributed by atoms with van der Waals surface area (Å²) in [6.45, 7) is 0.216. The van der Waals surface area contributed by atoms with Crippen LogP contribution in [-0.4, -0.2) is 47.5 Å². The molecule has 2 fully saturated rings. The number of rotatable bonds is 4. The van der Waals surface area contributed by atoms with Gasteiger partial charge in [-0.05, 0) is 23.8 Å². The highest BCUT2D eigenvalue weighted by Crippen LogP contribution is 2.31. The van der Waals surface area contributed by atoms with Gasteiger partial charge in [0.1, 0.15) is 18.4 Å². The molecule has 0 spiro atoms. The third-order valence-corrected chi connectivity index (χ3v) is 5.47. The van der Waals surface area contributed by atoms with E-state index in [1.54, 1.807) is 6.07 Å². The molecular weight excluding hydrogens is 427 g/mol. The standard InChI is InChI=1S/C19H15Cl2F2N3O3/c20-12-4-15(23)18(24-5-12)26-7-16(27)25(17(19(26)28)11-8-29-9-11)6-10-1-2-13(21)14(22)3-10/h1-5,11,17H,6-9H2/t17-/m0/s1. The Morgan fingerprint density at radius 2 is 1.90 bits per heavy atom. The molecule has 2 amide bonds. The number of nitrogens with zero attached hydrogens (tertiary/aromatic N) is 3. The third kappa shape index (κ3) is 3.80. The van der Waals surface area contributed by atoms with Crippen molar-refractivity contribution in [2.75, 3.05) is 24.7 Å². The number of ether oxygens (including phenoxy) is 1. The zero-order valence-corrected chi connectivity index (χ0v) is 16.5. The SMILES string of the molecule is O=C1[C@H](C2COC2)N(Cc2ccc(Cl)c(F)c2)C(=O)CN1c1ncc(Cl)cc1F. The van der Waals surface area contributed by atoms with E-state index in [-0.39, 0.29) is 34.9 Å². The van der Waals surface area contributed by atoms with Crippen molar-refractivity contribution in [2.45, 2.75) is 12.6 Å². The number of carbonyl (C=O) groups excluding carboxylic acids is 2. The summed E-state index contributed by atoms with van der Waals surface area (Å²) in [6.07, 6.45) is 1.21. The zero-order chi connectivity index (χ0) is 20.7. The monoisotopic (exact) mass is 441 g/mol. The normalized spacial score (nSPS) is 20.2. The maximum absolute atomic E-state index is 14.3. The predicted molar refractivity (Wildman–Crippen MR) is 102 cm³/mol. The van der Waals surface area contributed by atoms with Crippen LogP contribution in [0.3, 0.4) is 0 Å². The van der Waals surface area contributed by atoms with Gasteiger partial charge >= 0.3 is 0 Å². The van der Waals surface area contributed by atoms with Gasteiger partial charge in [0.25, 0.3) is 5.91 Å². The second kappa shape index (κ2) is 7.85. The lowest BCUT2D eigenvalue weighted by atomic mass is 9.92. The van der Waals surface area contributed by atoms with Crippen molar-refractivity contribution < 1.29 is 23.1 Å². The molecule has 0 radical (unpaired) electrons. The summed E-state index contributed by atoms with van der Waals surface area (Å²) in [5.74, 6) is -2.79. The van der Waals surface area contributed by atoms with Crippen molar-refractivity contribution in [3.63, 3.8) is 0 Å². The molecule has 10 heteroatoms. The number of aromatic nitrogens is 1. The average molecular weight is 442 g/mol. The molecule has 1 atom stereocenters. The summed E-state index contributed by atoms with van der Waals surface area (Å²) < 4.78 is 33.3. The Kier molecular flexibility index (Phi) is 5.42. The van der Waals surface area contributed by atoms with Gasteiger partial charge in [0.2, 0.25) is 5.91 Å². The van der Waals surface area contributed by atoms with Gasteiger partial charge in [-0.15, -0.1) is 0 Å². The molecule has 3 heterocycles. The first-order valence-corrected chi connectivity index (χ1v) is 9.54. The van der Waals surface area contributed by atoms with Crippen LogP contribution in [0.5, 0.6) is 0 Å². The Bertz CT molecular complexity index is 987. The fraction of sp³-hybridized carbons (Fsp3) is 0.316. The second-order valence-electron chi connectivity index (χ2n) is 6.90. The van der Waals surface area contributed by atoms with Crippen LogP contribution in [0.1, 0.15) is 5.56 Å². The topological polar surface area (TPSA) is 62.7 Å². The fourth-order valence-electron chi connectivity index (χ4n) is 3.45. The number of pyridine rings is 1. The van der Waals surface area contributed by atoms with Crippen molar-refractivity contribution in [3.8, 4) is 0 Å². The first-order valence-electron chi connectivity index (χ1n) is 8.78. The van der Waals surface area contributed by atoms with Crippen molar-refractivity contribution in [3.05, 3.63) is 57.7 Å². The minimum atomic E-state index is -0.874. The molecule has 6 nitrogen and oxygen atoms in total. The largest absolute Gasteiger partial charge is 0.380 e. The molecule has 0 unspecified atom stereocenters. The van der Waals surface area contributed by atoms with Crippen LogP contribution in [0.4, 0.5) is 14.6 Å². The minimum Gasteiger partial charge on any atom is -0.380 e. The van der Waals surface area contributed by atoms with E-state index in [4.69, 9.17) is 27.9 Å². The third-order valence-electron chi connectivity index (χ3n) is 4.96. The molecule has 152 valence electrons. The quantitative estimate of drug-likeness (QED) is 0.731. The van der Waals surface area contributed by atoms with Crippen molar-refractivity contribution in [1.82, 2.24) is 9.88 Å². The molecular formula is C19H15Cl2F2N3O3. The highest BCUT2D eigenvalue weighted by Gasteiger charge is 2.47. The van der Waals surface area contributed by atoms with Gasteiger partial charge in [0.05, 0.1) is 23.3 Å². The summed E-state index contributed by atoms with van der Waals surface area (Å²) in [7, 11) is 0. The second-order valence-corrected chi connectivity index (χ2v) is 7.74. The summed E-state index contributed by atoms with van der Waals surface area (Å²) in [5.41, 5.74) is 0.488. The first kappa shape index (κ1) is 20.0. The number of amides is 2. The summed E-state index contributed by atoms with van der Waals surface area (Å²) in [4.78, 5) is 32.4. The van der Waals surface area contributed by atoms with Crippen molar-refractivity contribution >= 4 is 40.8 Å². The molecule has 29 heavy (non-hydrogen) atoms. The minimum absolute atomic E-state index is 0.0181. The van der Waals surface area contributed by atoms with Gasteiger partial charge in [-0.3, -0.25) is 14.5 Å². The molecule has 1 aromatic heterocycles. The molecule has 0 N–H and O–H groups in total. The van der Waals surface area contributed by atoms with Gasteiger partial charge in [-0.2, -0.15) is 0 Å². The summed E-state index contributed by atoms with van der Waals surface area (Å²) >= 11 is 11.4. The Hall–Kier alpha value is -2.29. The van der Waals surface area contributed by atoms with Crippen LogP contribution in [-0.2, 0) is 20.9 Å². The Balaban J connectivity index is 1.66. The number of piperazine rings is 1. The van der Waals surface area contributed by atoms with Gasteiger partial charge < -0.3 is 9.64 Å². The molecule has 2 saturated heterocycles. The van der Waals surface area contributed by atoms with Gasteiger partial charge in [-0.1, -0.05) is 29.3 Å². The van der Waals surface area contributed by atoms with E-state index in [1.807, 2.05) is 0 Å². The first-order chi connectivity index (χ1) is 13.8. The van der Waals surface area contributed by atoms with E-state index >= 15 is 0 Å². The number of halogens is 4. The highest BCUT2D eigenvalue weighted by molar-refractivity contribution is 6.30. The van der Waals surface area contributed by atoms with Gasteiger partial charge in [0, 0.05) is 18.7 Å². The molecule has 0 aliphatic carbocycles. The van der Waals surface area contributed by atoms with Crippen LogP contribution < -0.4 is 4.90 Å². The van der Waals surface area contributed by atoms with E-state index in [1.165, 1.54) is 23.2 Å². The van der Waals surface area contributed by atoms with Crippen LogP contribution in [0.25, 0.3) is 0 Å². The molecule has 0 saturated carbocycles. The zero-order valence-electron chi connectivity index (χ0n) is 14.9. The highest BCUT2D eigenvalue weighted by atomic mass is 35.5. The van der Waals surface area contributed by atoms with E-state index < -0.39 is 29.5 Å². The fourth-order valence-corrected chi connectivity index (χ4v) is 3.71.